The molecule has 0 spiro atoms. The van der Waals surface area contributed by atoms with E-state index in [0.717, 1.165) is 48.6 Å². The van der Waals surface area contributed by atoms with Crippen molar-refractivity contribution < 1.29 is 9.90 Å². The van der Waals surface area contributed by atoms with Crippen LogP contribution in [-0.4, -0.2) is 40.6 Å². The van der Waals surface area contributed by atoms with Gasteiger partial charge in [0.25, 0.3) is 0 Å². The fraction of sp³-hybridized carbons (Fsp3) is 0.765. The molecule has 1 aromatic heterocycles. The molecule has 1 aromatic rings. The first-order valence-electron chi connectivity index (χ1n) is 8.12. The Balaban J connectivity index is 2.06. The molecular formula is C17H28N2O2S. The number of carboxylic acid groups (broad SMARTS) is 1. The first-order chi connectivity index (χ1) is 10.2. The van der Waals surface area contributed by atoms with Crippen LogP contribution in [0.25, 0.3) is 0 Å². The highest BCUT2D eigenvalue weighted by Gasteiger charge is 2.27. The van der Waals surface area contributed by atoms with Crippen LogP contribution in [0.3, 0.4) is 0 Å². The van der Waals surface area contributed by atoms with E-state index in [2.05, 4.69) is 23.7 Å². The van der Waals surface area contributed by atoms with Crippen molar-refractivity contribution in [3.05, 3.63) is 15.6 Å². The van der Waals surface area contributed by atoms with Gasteiger partial charge in [0, 0.05) is 31.5 Å². The van der Waals surface area contributed by atoms with E-state index in [1.54, 1.807) is 0 Å². The zero-order valence-electron chi connectivity index (χ0n) is 14.3. The lowest BCUT2D eigenvalue weighted by Gasteiger charge is -2.34. The van der Waals surface area contributed by atoms with Crippen LogP contribution in [0.5, 0.6) is 0 Å². The van der Waals surface area contributed by atoms with E-state index < -0.39 is 5.97 Å². The number of hydrogen-bond donors (Lipinski definition) is 1. The third kappa shape index (κ3) is 4.29. The molecule has 0 aliphatic carbocycles. The summed E-state index contributed by atoms with van der Waals surface area (Å²) < 4.78 is 0. The van der Waals surface area contributed by atoms with Gasteiger partial charge in [0.2, 0.25) is 0 Å². The highest BCUT2D eigenvalue weighted by Crippen LogP contribution is 2.30. The minimum atomic E-state index is -0.853. The Labute approximate surface area is 137 Å². The lowest BCUT2D eigenvalue weighted by Crippen LogP contribution is -2.39. The monoisotopic (exact) mass is 324 g/mol. The van der Waals surface area contributed by atoms with Crippen molar-refractivity contribution in [2.75, 3.05) is 19.6 Å². The molecular weight excluding hydrogens is 296 g/mol. The maximum atomic E-state index is 11.4. The third-order valence-corrected chi connectivity index (χ3v) is 5.27. The molecule has 0 aromatic carbocycles. The fourth-order valence-corrected chi connectivity index (χ4v) is 4.45. The van der Waals surface area contributed by atoms with Gasteiger partial charge in [0.1, 0.15) is 4.88 Å². The highest BCUT2D eigenvalue weighted by molar-refractivity contribution is 7.13. The number of carboxylic acids is 1. The Kier molecular flexibility index (Phi) is 5.28. The van der Waals surface area contributed by atoms with Gasteiger partial charge in [-0.3, -0.25) is 0 Å². The molecule has 5 heteroatoms. The molecule has 0 amide bonds. The Morgan fingerprint density at radius 3 is 2.36 bits per heavy atom. The molecule has 0 bridgehead atoms. The second kappa shape index (κ2) is 6.67. The quantitative estimate of drug-likeness (QED) is 0.918. The number of likely N-dealkylation sites (tertiary alicyclic amines) is 1. The first kappa shape index (κ1) is 17.4. The largest absolute Gasteiger partial charge is 0.477 e. The second-order valence-electron chi connectivity index (χ2n) is 7.80. The maximum Gasteiger partial charge on any atom is 0.347 e. The van der Waals surface area contributed by atoms with Crippen LogP contribution in [0.1, 0.15) is 61.4 Å². The molecule has 2 heterocycles. The van der Waals surface area contributed by atoms with Gasteiger partial charge in [0.05, 0.1) is 10.7 Å². The second-order valence-corrected chi connectivity index (χ2v) is 8.88. The van der Waals surface area contributed by atoms with Gasteiger partial charge in [-0.15, -0.1) is 11.3 Å². The summed E-state index contributed by atoms with van der Waals surface area (Å²) in [4.78, 5) is 19.0. The summed E-state index contributed by atoms with van der Waals surface area (Å²) in [6.07, 6.45) is 2.16. The molecule has 22 heavy (non-hydrogen) atoms. The number of aromatic nitrogens is 1. The van der Waals surface area contributed by atoms with E-state index in [-0.39, 0.29) is 5.41 Å². The predicted octanol–water partition coefficient (Wildman–Crippen LogP) is 3.66. The molecule has 1 N–H and O–H groups in total. The molecule has 1 aliphatic heterocycles. The molecule has 2 rings (SSSR count). The van der Waals surface area contributed by atoms with Gasteiger partial charge in [-0.1, -0.05) is 34.6 Å². The number of thiazole rings is 1. The number of carbonyl (C=O) groups is 1. The minimum Gasteiger partial charge on any atom is -0.477 e. The lowest BCUT2D eigenvalue weighted by molar-refractivity contribution is 0.0699. The molecule has 2 atom stereocenters. The van der Waals surface area contributed by atoms with Crippen molar-refractivity contribution in [1.82, 2.24) is 9.88 Å². The van der Waals surface area contributed by atoms with Crippen molar-refractivity contribution in [2.24, 2.45) is 11.8 Å². The summed E-state index contributed by atoms with van der Waals surface area (Å²) in [5.74, 6) is 0.647. The number of hydrogen-bond acceptors (Lipinski definition) is 4. The summed E-state index contributed by atoms with van der Waals surface area (Å²) in [7, 11) is 0. The minimum absolute atomic E-state index is 0.226. The van der Waals surface area contributed by atoms with Crippen molar-refractivity contribution in [1.29, 1.82) is 0 Å². The Hall–Kier alpha value is -0.940. The summed E-state index contributed by atoms with van der Waals surface area (Å²) in [6, 6.07) is 0. The number of aromatic carboxylic acids is 1. The van der Waals surface area contributed by atoms with E-state index in [1.165, 1.54) is 17.8 Å². The molecule has 0 saturated carbocycles. The van der Waals surface area contributed by atoms with Crippen LogP contribution in [0.2, 0.25) is 0 Å². The van der Waals surface area contributed by atoms with E-state index in [1.807, 2.05) is 20.8 Å². The summed E-state index contributed by atoms with van der Waals surface area (Å²) in [5, 5.41) is 10.3. The number of piperidine rings is 1. The molecule has 1 saturated heterocycles. The van der Waals surface area contributed by atoms with Crippen molar-refractivity contribution in [3.63, 3.8) is 0 Å². The Morgan fingerprint density at radius 1 is 1.32 bits per heavy atom. The average Bonchev–Trinajstić information content (AvgIpc) is 2.79. The van der Waals surface area contributed by atoms with Gasteiger partial charge >= 0.3 is 5.97 Å². The van der Waals surface area contributed by atoms with Crippen molar-refractivity contribution >= 4 is 17.3 Å². The predicted molar refractivity (Wildman–Crippen MR) is 90.9 cm³/mol. The molecule has 1 aliphatic rings. The number of nitrogens with zero attached hydrogens (tertiary/aromatic N) is 2. The molecule has 1 fully saturated rings. The molecule has 4 nitrogen and oxygen atoms in total. The van der Waals surface area contributed by atoms with Crippen molar-refractivity contribution in [3.8, 4) is 0 Å². The number of rotatable bonds is 4. The van der Waals surface area contributed by atoms with Crippen LogP contribution in [0.4, 0.5) is 0 Å². The highest BCUT2D eigenvalue weighted by atomic mass is 32.1. The first-order valence-corrected chi connectivity index (χ1v) is 8.94. The molecule has 2 unspecified atom stereocenters. The fourth-order valence-electron chi connectivity index (χ4n) is 3.35. The topological polar surface area (TPSA) is 53.4 Å². The summed E-state index contributed by atoms with van der Waals surface area (Å²) in [6.45, 7) is 14.0. The van der Waals surface area contributed by atoms with Crippen LogP contribution < -0.4 is 0 Å². The van der Waals surface area contributed by atoms with Crippen molar-refractivity contribution in [2.45, 2.75) is 52.9 Å². The maximum absolute atomic E-state index is 11.4. The van der Waals surface area contributed by atoms with Crippen LogP contribution >= 0.6 is 11.3 Å². The third-order valence-electron chi connectivity index (χ3n) is 4.16. The van der Waals surface area contributed by atoms with Gasteiger partial charge < -0.3 is 10.0 Å². The zero-order chi connectivity index (χ0) is 16.5. The van der Waals surface area contributed by atoms with Gasteiger partial charge in [-0.2, -0.15) is 0 Å². The zero-order valence-corrected chi connectivity index (χ0v) is 15.2. The van der Waals surface area contributed by atoms with Gasteiger partial charge in [-0.25, -0.2) is 9.78 Å². The smallest absolute Gasteiger partial charge is 0.347 e. The van der Waals surface area contributed by atoms with E-state index in [0.29, 0.717) is 4.88 Å². The normalized spacial score (nSPS) is 23.7. The van der Waals surface area contributed by atoms with Crippen LogP contribution in [0.15, 0.2) is 0 Å². The van der Waals surface area contributed by atoms with Gasteiger partial charge in [-0.05, 0) is 18.3 Å². The van der Waals surface area contributed by atoms with Gasteiger partial charge in [0.15, 0.2) is 0 Å². The van der Waals surface area contributed by atoms with Crippen LogP contribution in [0, 0.1) is 11.8 Å². The standard InChI is InChI=1S/C17H28N2O2S/c1-11-8-12(2)10-19(9-11)7-6-13-18-15(17(3,4)5)14(22-13)16(20)21/h11-12H,6-10H2,1-5H3,(H,20,21). The molecule has 124 valence electrons. The van der Waals surface area contributed by atoms with E-state index >= 15 is 0 Å². The Bertz CT molecular complexity index is 523. The molecule has 0 radical (unpaired) electrons. The summed E-state index contributed by atoms with van der Waals surface area (Å²) in [5.41, 5.74) is 0.497. The van der Waals surface area contributed by atoms with Crippen LogP contribution in [-0.2, 0) is 11.8 Å². The Morgan fingerprint density at radius 2 is 1.91 bits per heavy atom. The summed E-state index contributed by atoms with van der Waals surface area (Å²) >= 11 is 1.35. The lowest BCUT2D eigenvalue weighted by atomic mass is 9.91. The average molecular weight is 324 g/mol. The SMILES string of the molecule is CC1CC(C)CN(CCc2nc(C(C)(C)C)c(C(=O)O)s2)C1. The van der Waals surface area contributed by atoms with E-state index in [4.69, 9.17) is 0 Å². The van der Waals surface area contributed by atoms with E-state index in [9.17, 15) is 9.90 Å².